The predicted octanol–water partition coefficient (Wildman–Crippen LogP) is 2.86. The fourth-order valence-electron chi connectivity index (χ4n) is 2.63. The maximum absolute atomic E-state index is 12.3. The van der Waals surface area contributed by atoms with Gasteiger partial charge in [-0.2, -0.15) is 11.8 Å². The summed E-state index contributed by atoms with van der Waals surface area (Å²) >= 11 is 1.62. The summed E-state index contributed by atoms with van der Waals surface area (Å²) in [5.41, 5.74) is 1.74. The first-order valence-corrected chi connectivity index (χ1v) is 9.62. The Morgan fingerprint density at radius 3 is 2.65 bits per heavy atom. The number of carbonyl (C=O) groups is 1. The van der Waals surface area contributed by atoms with Crippen molar-refractivity contribution in [3.8, 4) is 0 Å². The number of amides is 1. The smallest absolute Gasteiger partial charge is 0.258 e. The number of carbonyl (C=O) groups excluding carboxylic acids is 1. The van der Waals surface area contributed by atoms with Crippen LogP contribution in [0.15, 0.2) is 59.4 Å². The van der Waals surface area contributed by atoms with E-state index in [2.05, 4.69) is 22.1 Å². The molecule has 5 nitrogen and oxygen atoms in total. The molecule has 3 aromatic rings. The Kier molecular flexibility index (Phi) is 6.07. The lowest BCUT2D eigenvalue weighted by molar-refractivity contribution is -0.127. The molecule has 1 amide bonds. The number of nitrogens with zero attached hydrogens (tertiary/aromatic N) is 2. The number of aromatic amines is 1. The second-order valence-electron chi connectivity index (χ2n) is 6.07. The van der Waals surface area contributed by atoms with E-state index in [1.165, 1.54) is 5.56 Å². The van der Waals surface area contributed by atoms with Crippen LogP contribution in [-0.2, 0) is 17.8 Å². The molecule has 0 aliphatic rings. The largest absolute Gasteiger partial charge is 0.338 e. The van der Waals surface area contributed by atoms with E-state index in [0.29, 0.717) is 22.5 Å². The minimum atomic E-state index is -0.177. The fourth-order valence-corrected chi connectivity index (χ4v) is 3.55. The van der Waals surface area contributed by atoms with Crippen LogP contribution in [0.2, 0.25) is 0 Å². The zero-order valence-electron chi connectivity index (χ0n) is 14.6. The molecule has 3 rings (SSSR count). The molecule has 1 N–H and O–H groups in total. The molecule has 2 aromatic carbocycles. The Hall–Kier alpha value is -2.60. The topological polar surface area (TPSA) is 66.1 Å². The van der Waals surface area contributed by atoms with Gasteiger partial charge in [-0.1, -0.05) is 42.5 Å². The normalized spacial score (nSPS) is 10.8. The van der Waals surface area contributed by atoms with Gasteiger partial charge in [-0.05, 0) is 29.9 Å². The number of hydrogen-bond donors (Lipinski definition) is 1. The highest BCUT2D eigenvalue weighted by atomic mass is 32.2. The number of thioether (sulfide) groups is 1. The number of para-hydroxylation sites is 1. The molecule has 0 saturated heterocycles. The fraction of sp³-hybridized carbons (Fsp3) is 0.250. The number of fused-ring (bicyclic) bond motifs is 1. The number of rotatable bonds is 7. The molecule has 6 heteroatoms. The van der Waals surface area contributed by atoms with Crippen molar-refractivity contribution in [3.05, 3.63) is 76.3 Å². The predicted molar refractivity (Wildman–Crippen MR) is 106 cm³/mol. The van der Waals surface area contributed by atoms with Gasteiger partial charge < -0.3 is 9.88 Å². The molecule has 1 heterocycles. The van der Waals surface area contributed by atoms with Crippen LogP contribution in [0.5, 0.6) is 0 Å². The molecular formula is C20H21N3O2S. The lowest BCUT2D eigenvalue weighted by atomic mass is 10.2. The highest BCUT2D eigenvalue weighted by molar-refractivity contribution is 7.99. The van der Waals surface area contributed by atoms with Crippen LogP contribution in [-0.4, -0.2) is 39.3 Å². The van der Waals surface area contributed by atoms with Crippen LogP contribution in [0.1, 0.15) is 11.4 Å². The first-order valence-electron chi connectivity index (χ1n) is 8.47. The van der Waals surface area contributed by atoms with Gasteiger partial charge in [0.25, 0.3) is 5.56 Å². The summed E-state index contributed by atoms with van der Waals surface area (Å²) in [6.07, 6.45) is 0.946. The summed E-state index contributed by atoms with van der Waals surface area (Å²) in [6, 6.07) is 17.4. The Labute approximate surface area is 156 Å². The van der Waals surface area contributed by atoms with Crippen molar-refractivity contribution < 1.29 is 4.79 Å². The van der Waals surface area contributed by atoms with Crippen molar-refractivity contribution >= 4 is 28.6 Å². The summed E-state index contributed by atoms with van der Waals surface area (Å²) in [5.74, 6) is 1.84. The average Bonchev–Trinajstić information content (AvgIpc) is 2.66. The maximum atomic E-state index is 12.3. The van der Waals surface area contributed by atoms with Gasteiger partial charge >= 0.3 is 0 Å². The summed E-state index contributed by atoms with van der Waals surface area (Å²) in [5, 5.41) is 0.557. The number of nitrogens with one attached hydrogen (secondary N) is 1. The molecule has 134 valence electrons. The van der Waals surface area contributed by atoms with Crippen LogP contribution in [0.4, 0.5) is 0 Å². The summed E-state index contributed by atoms with van der Waals surface area (Å²) in [6.45, 7) is 0.290. The van der Waals surface area contributed by atoms with E-state index in [4.69, 9.17) is 0 Å². The number of hydrogen-bond acceptors (Lipinski definition) is 4. The van der Waals surface area contributed by atoms with Gasteiger partial charge in [0.2, 0.25) is 5.91 Å². The molecule has 0 atom stereocenters. The van der Waals surface area contributed by atoms with E-state index in [1.807, 2.05) is 24.3 Å². The van der Waals surface area contributed by atoms with E-state index < -0.39 is 0 Å². The summed E-state index contributed by atoms with van der Waals surface area (Å²) in [4.78, 5) is 33.2. The van der Waals surface area contributed by atoms with Crippen molar-refractivity contribution in [2.75, 3.05) is 18.6 Å². The van der Waals surface area contributed by atoms with Gasteiger partial charge in [0.1, 0.15) is 5.82 Å². The third kappa shape index (κ3) is 4.73. The van der Waals surface area contributed by atoms with Gasteiger partial charge in [-0.3, -0.25) is 9.59 Å². The highest BCUT2D eigenvalue weighted by Crippen LogP contribution is 2.10. The number of benzene rings is 2. The molecule has 0 bridgehead atoms. The molecule has 0 spiro atoms. The Balaban J connectivity index is 1.52. The second-order valence-corrected chi connectivity index (χ2v) is 7.17. The number of H-pyrrole nitrogens is 1. The van der Waals surface area contributed by atoms with Gasteiger partial charge in [0.05, 0.1) is 23.2 Å². The van der Waals surface area contributed by atoms with Gasteiger partial charge in [-0.25, -0.2) is 4.98 Å². The van der Waals surface area contributed by atoms with Crippen molar-refractivity contribution in [1.82, 2.24) is 14.9 Å². The molecule has 0 saturated carbocycles. The van der Waals surface area contributed by atoms with Crippen molar-refractivity contribution in [2.24, 2.45) is 0 Å². The monoisotopic (exact) mass is 367 g/mol. The average molecular weight is 367 g/mol. The standard InChI is InChI=1S/C20H21N3O2S/c1-23(19(24)14-26-12-11-15-7-3-2-4-8-15)13-18-21-17-10-6-5-9-16(17)20(25)22-18/h2-10H,11-14H2,1H3,(H,21,22,25). The van der Waals surface area contributed by atoms with Crippen LogP contribution in [0, 0.1) is 0 Å². The molecule has 0 radical (unpaired) electrons. The van der Waals surface area contributed by atoms with Gasteiger partial charge in [-0.15, -0.1) is 0 Å². The van der Waals surface area contributed by atoms with Crippen LogP contribution in [0.25, 0.3) is 10.9 Å². The van der Waals surface area contributed by atoms with E-state index in [-0.39, 0.29) is 18.0 Å². The van der Waals surface area contributed by atoms with Crippen molar-refractivity contribution in [2.45, 2.75) is 13.0 Å². The van der Waals surface area contributed by atoms with E-state index in [1.54, 1.807) is 41.9 Å². The van der Waals surface area contributed by atoms with Gasteiger partial charge in [0.15, 0.2) is 0 Å². The first kappa shape index (κ1) is 18.2. The first-order chi connectivity index (χ1) is 12.6. The molecule has 0 aliphatic heterocycles. The second kappa shape index (κ2) is 8.67. The van der Waals surface area contributed by atoms with Crippen molar-refractivity contribution in [1.29, 1.82) is 0 Å². The lowest BCUT2D eigenvalue weighted by Crippen LogP contribution is -2.29. The molecule has 0 fully saturated rings. The molecule has 0 unspecified atom stereocenters. The number of aryl methyl sites for hydroxylation is 1. The number of aromatic nitrogens is 2. The molecule has 1 aromatic heterocycles. The van der Waals surface area contributed by atoms with E-state index >= 15 is 0 Å². The Morgan fingerprint density at radius 1 is 1.12 bits per heavy atom. The van der Waals surface area contributed by atoms with Crippen LogP contribution >= 0.6 is 11.8 Å². The third-order valence-corrected chi connectivity index (χ3v) is 5.02. The Bertz CT molecular complexity index is 940. The quantitative estimate of drug-likeness (QED) is 0.652. The van der Waals surface area contributed by atoms with Crippen LogP contribution in [0.3, 0.4) is 0 Å². The third-order valence-electron chi connectivity index (χ3n) is 4.08. The maximum Gasteiger partial charge on any atom is 0.258 e. The van der Waals surface area contributed by atoms with E-state index in [0.717, 1.165) is 12.2 Å². The Morgan fingerprint density at radius 2 is 1.85 bits per heavy atom. The highest BCUT2D eigenvalue weighted by Gasteiger charge is 2.12. The minimum Gasteiger partial charge on any atom is -0.338 e. The van der Waals surface area contributed by atoms with Crippen molar-refractivity contribution in [3.63, 3.8) is 0 Å². The van der Waals surface area contributed by atoms with Crippen LogP contribution < -0.4 is 5.56 Å². The SMILES string of the molecule is CN(Cc1nc2ccccc2c(=O)[nH]1)C(=O)CSCCc1ccccc1. The lowest BCUT2D eigenvalue weighted by Gasteiger charge is -2.16. The molecule has 26 heavy (non-hydrogen) atoms. The minimum absolute atomic E-state index is 0.0267. The summed E-state index contributed by atoms with van der Waals surface area (Å²) < 4.78 is 0. The van der Waals surface area contributed by atoms with E-state index in [9.17, 15) is 9.59 Å². The zero-order chi connectivity index (χ0) is 18.4. The summed E-state index contributed by atoms with van der Waals surface area (Å²) in [7, 11) is 1.73. The zero-order valence-corrected chi connectivity index (χ0v) is 15.5. The molecular weight excluding hydrogens is 346 g/mol. The molecule has 0 aliphatic carbocycles. The van der Waals surface area contributed by atoms with Gasteiger partial charge in [0, 0.05) is 7.05 Å².